The van der Waals surface area contributed by atoms with Crippen molar-refractivity contribution in [1.82, 2.24) is 4.90 Å². The number of hydrogen-bond donors (Lipinski definition) is 1. The minimum absolute atomic E-state index is 0.339. The summed E-state index contributed by atoms with van der Waals surface area (Å²) in [5.74, 6) is 0. The highest BCUT2D eigenvalue weighted by molar-refractivity contribution is 5.35. The van der Waals surface area contributed by atoms with Crippen LogP contribution in [-0.4, -0.2) is 23.1 Å². The number of benzene rings is 2. The SMILES string of the molecule is OC(CCN1CCc2ccccc2C1)c1ccc2c(c1)CCCC2. The van der Waals surface area contributed by atoms with Gasteiger partial charge in [0.1, 0.15) is 0 Å². The van der Waals surface area contributed by atoms with Crippen LogP contribution < -0.4 is 0 Å². The van der Waals surface area contributed by atoms with Gasteiger partial charge in [-0.25, -0.2) is 0 Å². The first kappa shape index (κ1) is 15.9. The Kier molecular flexibility index (Phi) is 4.68. The molecule has 1 aliphatic heterocycles. The molecular formula is C22H27NO. The molecule has 4 rings (SSSR count). The number of fused-ring (bicyclic) bond motifs is 2. The van der Waals surface area contributed by atoms with Gasteiger partial charge in [-0.2, -0.15) is 0 Å². The van der Waals surface area contributed by atoms with E-state index in [4.69, 9.17) is 0 Å². The van der Waals surface area contributed by atoms with Gasteiger partial charge in [-0.3, -0.25) is 4.90 Å². The highest BCUT2D eigenvalue weighted by atomic mass is 16.3. The summed E-state index contributed by atoms with van der Waals surface area (Å²) in [6.07, 6.45) is 6.60. The summed E-state index contributed by atoms with van der Waals surface area (Å²) in [6, 6.07) is 15.4. The number of aryl methyl sites for hydroxylation is 2. The van der Waals surface area contributed by atoms with Crippen LogP contribution in [0.4, 0.5) is 0 Å². The average molecular weight is 321 g/mol. The van der Waals surface area contributed by atoms with Crippen LogP contribution >= 0.6 is 0 Å². The molecule has 126 valence electrons. The Hall–Kier alpha value is -1.64. The van der Waals surface area contributed by atoms with Gasteiger partial charge in [-0.15, -0.1) is 0 Å². The highest BCUT2D eigenvalue weighted by Gasteiger charge is 2.18. The van der Waals surface area contributed by atoms with Crippen molar-refractivity contribution in [2.45, 2.75) is 51.2 Å². The van der Waals surface area contributed by atoms with E-state index in [0.29, 0.717) is 0 Å². The smallest absolute Gasteiger partial charge is 0.0802 e. The van der Waals surface area contributed by atoms with E-state index in [-0.39, 0.29) is 6.10 Å². The van der Waals surface area contributed by atoms with Gasteiger partial charge >= 0.3 is 0 Å². The van der Waals surface area contributed by atoms with Crippen molar-refractivity contribution in [2.24, 2.45) is 0 Å². The molecule has 1 aliphatic carbocycles. The summed E-state index contributed by atoms with van der Waals surface area (Å²) >= 11 is 0. The van der Waals surface area contributed by atoms with E-state index in [1.165, 1.54) is 47.9 Å². The molecule has 0 saturated carbocycles. The first-order valence-corrected chi connectivity index (χ1v) is 9.38. The van der Waals surface area contributed by atoms with E-state index in [1.807, 2.05) is 0 Å². The van der Waals surface area contributed by atoms with E-state index in [1.54, 1.807) is 0 Å². The van der Waals surface area contributed by atoms with Crippen LogP contribution in [0, 0.1) is 0 Å². The largest absolute Gasteiger partial charge is 0.388 e. The normalized spacial score (nSPS) is 18.7. The lowest BCUT2D eigenvalue weighted by Crippen LogP contribution is -2.32. The van der Waals surface area contributed by atoms with Crippen molar-refractivity contribution in [3.8, 4) is 0 Å². The molecular weight excluding hydrogens is 294 g/mol. The molecule has 0 aromatic heterocycles. The molecule has 2 aromatic carbocycles. The first-order chi connectivity index (χ1) is 11.8. The molecule has 0 fully saturated rings. The predicted octanol–water partition coefficient (Wildman–Crippen LogP) is 4.05. The van der Waals surface area contributed by atoms with E-state index in [0.717, 1.165) is 38.0 Å². The molecule has 0 bridgehead atoms. The maximum atomic E-state index is 10.6. The summed E-state index contributed by atoms with van der Waals surface area (Å²) in [7, 11) is 0. The minimum Gasteiger partial charge on any atom is -0.388 e. The molecule has 1 heterocycles. The monoisotopic (exact) mass is 321 g/mol. The van der Waals surface area contributed by atoms with Crippen LogP contribution in [0.25, 0.3) is 0 Å². The number of nitrogens with zero attached hydrogens (tertiary/aromatic N) is 1. The summed E-state index contributed by atoms with van der Waals surface area (Å²) in [4.78, 5) is 2.48. The predicted molar refractivity (Wildman–Crippen MR) is 98.1 cm³/mol. The quantitative estimate of drug-likeness (QED) is 0.918. The van der Waals surface area contributed by atoms with Gasteiger partial charge in [-0.1, -0.05) is 42.5 Å². The number of rotatable bonds is 4. The summed E-state index contributed by atoms with van der Waals surface area (Å²) in [6.45, 7) is 3.09. The summed E-state index contributed by atoms with van der Waals surface area (Å²) in [5, 5.41) is 10.6. The minimum atomic E-state index is -0.339. The molecule has 1 N–H and O–H groups in total. The van der Waals surface area contributed by atoms with Gasteiger partial charge in [0.25, 0.3) is 0 Å². The number of aliphatic hydroxyl groups excluding tert-OH is 1. The highest BCUT2D eigenvalue weighted by Crippen LogP contribution is 2.27. The Morgan fingerprint density at radius 3 is 2.50 bits per heavy atom. The second kappa shape index (κ2) is 7.08. The fourth-order valence-electron chi connectivity index (χ4n) is 4.18. The Morgan fingerprint density at radius 2 is 1.62 bits per heavy atom. The van der Waals surface area contributed by atoms with Gasteiger partial charge in [0, 0.05) is 19.6 Å². The van der Waals surface area contributed by atoms with Crippen molar-refractivity contribution in [3.63, 3.8) is 0 Å². The Labute approximate surface area is 145 Å². The third kappa shape index (κ3) is 3.40. The van der Waals surface area contributed by atoms with Crippen LogP contribution in [0.15, 0.2) is 42.5 Å². The summed E-state index contributed by atoms with van der Waals surface area (Å²) in [5.41, 5.74) is 7.00. The molecule has 1 atom stereocenters. The fraction of sp³-hybridized carbons (Fsp3) is 0.455. The molecule has 0 saturated heterocycles. The van der Waals surface area contributed by atoms with Gasteiger partial charge in [0.05, 0.1) is 6.10 Å². The van der Waals surface area contributed by atoms with Gasteiger partial charge < -0.3 is 5.11 Å². The first-order valence-electron chi connectivity index (χ1n) is 9.38. The molecule has 0 amide bonds. The Balaban J connectivity index is 1.36. The molecule has 24 heavy (non-hydrogen) atoms. The van der Waals surface area contributed by atoms with E-state index in [9.17, 15) is 5.11 Å². The van der Waals surface area contributed by atoms with Crippen molar-refractivity contribution in [1.29, 1.82) is 0 Å². The van der Waals surface area contributed by atoms with Crippen LogP contribution in [0.5, 0.6) is 0 Å². The van der Waals surface area contributed by atoms with Crippen molar-refractivity contribution >= 4 is 0 Å². The van der Waals surface area contributed by atoms with Crippen molar-refractivity contribution in [3.05, 3.63) is 70.3 Å². The summed E-state index contributed by atoms with van der Waals surface area (Å²) < 4.78 is 0. The van der Waals surface area contributed by atoms with Crippen LogP contribution in [-0.2, 0) is 25.8 Å². The Morgan fingerprint density at radius 1 is 0.875 bits per heavy atom. The zero-order chi connectivity index (χ0) is 16.4. The number of hydrogen-bond acceptors (Lipinski definition) is 2. The second-order valence-corrected chi connectivity index (χ2v) is 7.33. The van der Waals surface area contributed by atoms with Crippen molar-refractivity contribution < 1.29 is 5.11 Å². The average Bonchev–Trinajstić information content (AvgIpc) is 2.65. The second-order valence-electron chi connectivity index (χ2n) is 7.33. The van der Waals surface area contributed by atoms with E-state index in [2.05, 4.69) is 47.4 Å². The van der Waals surface area contributed by atoms with Gasteiger partial charge in [0.2, 0.25) is 0 Å². The zero-order valence-corrected chi connectivity index (χ0v) is 14.4. The van der Waals surface area contributed by atoms with E-state index < -0.39 is 0 Å². The lowest BCUT2D eigenvalue weighted by atomic mass is 9.89. The third-order valence-corrected chi connectivity index (χ3v) is 5.69. The number of aliphatic hydroxyl groups is 1. The molecule has 2 aliphatic rings. The molecule has 2 aromatic rings. The lowest BCUT2D eigenvalue weighted by molar-refractivity contribution is 0.137. The molecule has 2 nitrogen and oxygen atoms in total. The maximum Gasteiger partial charge on any atom is 0.0802 e. The topological polar surface area (TPSA) is 23.5 Å². The van der Waals surface area contributed by atoms with Gasteiger partial charge in [-0.05, 0) is 66.3 Å². The fourth-order valence-corrected chi connectivity index (χ4v) is 4.18. The van der Waals surface area contributed by atoms with Crippen LogP contribution in [0.2, 0.25) is 0 Å². The Bertz CT molecular complexity index is 709. The van der Waals surface area contributed by atoms with Crippen LogP contribution in [0.3, 0.4) is 0 Å². The molecule has 0 radical (unpaired) electrons. The molecule has 0 spiro atoms. The maximum absolute atomic E-state index is 10.6. The standard InChI is InChI=1S/C22H27NO/c24-22(20-10-9-17-5-1-3-7-19(17)15-20)12-14-23-13-11-18-6-2-4-8-21(18)16-23/h2,4,6,8-10,15,22,24H,1,3,5,7,11-14,16H2. The van der Waals surface area contributed by atoms with Crippen LogP contribution in [0.1, 0.15) is 53.2 Å². The van der Waals surface area contributed by atoms with Crippen molar-refractivity contribution in [2.75, 3.05) is 13.1 Å². The zero-order valence-electron chi connectivity index (χ0n) is 14.4. The molecule has 2 heteroatoms. The third-order valence-electron chi connectivity index (χ3n) is 5.69. The van der Waals surface area contributed by atoms with E-state index >= 15 is 0 Å². The lowest BCUT2D eigenvalue weighted by Gasteiger charge is -2.29. The molecule has 1 unspecified atom stereocenters. The van der Waals surface area contributed by atoms with Gasteiger partial charge in [0.15, 0.2) is 0 Å².